The van der Waals surface area contributed by atoms with Gasteiger partial charge >= 0.3 is 0 Å². The highest BCUT2D eigenvalue weighted by Crippen LogP contribution is 2.31. The zero-order chi connectivity index (χ0) is 20.4. The van der Waals surface area contributed by atoms with Gasteiger partial charge in [0.1, 0.15) is 22.7 Å². The Hall–Kier alpha value is -3.35. The number of nitrogens with one attached hydrogen (secondary N) is 1. The zero-order valence-electron chi connectivity index (χ0n) is 17.0. The zero-order valence-corrected chi connectivity index (χ0v) is 17.0. The molecule has 0 fully saturated rings. The minimum atomic E-state index is -0.260. The van der Waals surface area contributed by atoms with Gasteiger partial charge in [0.25, 0.3) is 5.56 Å². The Labute approximate surface area is 163 Å². The molecule has 0 spiro atoms. The van der Waals surface area contributed by atoms with E-state index >= 15 is 0 Å². The van der Waals surface area contributed by atoms with Crippen LogP contribution in [-0.4, -0.2) is 49.5 Å². The Morgan fingerprint density at radius 3 is 2.32 bits per heavy atom. The normalized spacial score (nSPS) is 11.2. The number of rotatable bonds is 5. The van der Waals surface area contributed by atoms with Gasteiger partial charge in [-0.05, 0) is 37.1 Å². The second-order valence-corrected chi connectivity index (χ2v) is 6.81. The van der Waals surface area contributed by atoms with E-state index in [0.717, 1.165) is 22.4 Å². The molecule has 146 valence electrons. The maximum Gasteiger partial charge on any atom is 0.262 e. The number of hydrogen-bond acceptors (Lipinski definition) is 5. The Kier molecular flexibility index (Phi) is 5.35. The molecule has 28 heavy (non-hydrogen) atoms. The average Bonchev–Trinajstić information content (AvgIpc) is 2.65. The molecule has 0 bridgehead atoms. The molecular weight excluding hydrogens is 356 g/mol. The number of fused-ring (bicyclic) bond motifs is 1. The van der Waals surface area contributed by atoms with Gasteiger partial charge in [0, 0.05) is 31.8 Å². The van der Waals surface area contributed by atoms with Gasteiger partial charge in [-0.1, -0.05) is 0 Å². The van der Waals surface area contributed by atoms with E-state index in [1.54, 1.807) is 25.6 Å². The van der Waals surface area contributed by atoms with E-state index < -0.39 is 0 Å². The lowest BCUT2D eigenvalue weighted by Gasteiger charge is -2.12. The van der Waals surface area contributed by atoms with E-state index in [4.69, 9.17) is 9.47 Å². The quantitative estimate of drug-likeness (QED) is 0.542. The van der Waals surface area contributed by atoms with Crippen LogP contribution in [0.4, 0.5) is 5.69 Å². The van der Waals surface area contributed by atoms with E-state index in [0.29, 0.717) is 28.2 Å². The Morgan fingerprint density at radius 1 is 1.07 bits per heavy atom. The van der Waals surface area contributed by atoms with Crippen LogP contribution in [0, 0.1) is 13.8 Å². The van der Waals surface area contributed by atoms with Crippen LogP contribution in [0.15, 0.2) is 34.1 Å². The number of ether oxygens (including phenoxy) is 2. The number of H-pyrrole nitrogens is 1. The second-order valence-electron chi connectivity index (χ2n) is 6.81. The molecule has 0 saturated heterocycles. The van der Waals surface area contributed by atoms with Crippen molar-refractivity contribution in [1.82, 2.24) is 14.9 Å². The maximum absolute atomic E-state index is 12.7. The van der Waals surface area contributed by atoms with Crippen molar-refractivity contribution < 1.29 is 9.47 Å². The molecule has 3 aromatic rings. The van der Waals surface area contributed by atoms with Crippen LogP contribution in [-0.2, 0) is 0 Å². The minimum absolute atomic E-state index is 0.260. The van der Waals surface area contributed by atoms with Gasteiger partial charge in [0.05, 0.1) is 31.8 Å². The van der Waals surface area contributed by atoms with Crippen LogP contribution in [0.5, 0.6) is 11.5 Å². The highest BCUT2D eigenvalue weighted by atomic mass is 16.5. The van der Waals surface area contributed by atoms with Crippen molar-refractivity contribution in [1.29, 1.82) is 0 Å². The predicted octanol–water partition coefficient (Wildman–Crippen LogP) is 3.45. The van der Waals surface area contributed by atoms with Gasteiger partial charge in [0.15, 0.2) is 0 Å². The monoisotopic (exact) mass is 380 g/mol. The number of aromatic nitrogens is 2. The topological polar surface area (TPSA) is 79.8 Å². The lowest BCUT2D eigenvalue weighted by Crippen LogP contribution is -2.11. The van der Waals surface area contributed by atoms with Gasteiger partial charge in [-0.25, -0.2) is 9.98 Å². The van der Waals surface area contributed by atoms with Crippen LogP contribution in [0.3, 0.4) is 0 Å². The molecule has 0 amide bonds. The van der Waals surface area contributed by atoms with Crippen molar-refractivity contribution in [3.63, 3.8) is 0 Å². The first-order valence-corrected chi connectivity index (χ1v) is 8.82. The molecule has 0 aliphatic heterocycles. The number of benzene rings is 2. The van der Waals surface area contributed by atoms with E-state index in [1.807, 2.05) is 45.0 Å². The molecule has 1 aromatic heterocycles. The van der Waals surface area contributed by atoms with Gasteiger partial charge in [0.2, 0.25) is 0 Å². The molecule has 0 radical (unpaired) electrons. The SMILES string of the molecule is COc1cc(OC)c2c(=O)[nH]c(-c3cc(C)c(/N=C/N(C)C)c(C)c3)nc2c1. The summed E-state index contributed by atoms with van der Waals surface area (Å²) in [6.45, 7) is 3.98. The Balaban J connectivity index is 2.18. The van der Waals surface area contributed by atoms with Crippen molar-refractivity contribution in [2.24, 2.45) is 4.99 Å². The van der Waals surface area contributed by atoms with Crippen LogP contribution in [0.2, 0.25) is 0 Å². The van der Waals surface area contributed by atoms with Crippen molar-refractivity contribution >= 4 is 22.9 Å². The van der Waals surface area contributed by atoms with Crippen LogP contribution in [0.25, 0.3) is 22.3 Å². The molecule has 0 aliphatic rings. The number of aryl methyl sites for hydroxylation is 2. The molecule has 0 unspecified atom stereocenters. The Bertz CT molecular complexity index is 1090. The maximum atomic E-state index is 12.7. The molecule has 0 aliphatic carbocycles. The summed E-state index contributed by atoms with van der Waals surface area (Å²) in [7, 11) is 6.93. The molecular formula is C21H24N4O3. The molecule has 2 aromatic carbocycles. The largest absolute Gasteiger partial charge is 0.497 e. The van der Waals surface area contributed by atoms with Gasteiger partial charge in [-0.3, -0.25) is 4.79 Å². The summed E-state index contributed by atoms with van der Waals surface area (Å²) in [5, 5.41) is 0.396. The van der Waals surface area contributed by atoms with Crippen molar-refractivity contribution in [2.75, 3.05) is 28.3 Å². The summed E-state index contributed by atoms with van der Waals surface area (Å²) < 4.78 is 10.6. The highest BCUT2D eigenvalue weighted by Gasteiger charge is 2.14. The lowest BCUT2D eigenvalue weighted by molar-refractivity contribution is 0.397. The van der Waals surface area contributed by atoms with E-state index in [-0.39, 0.29) is 5.56 Å². The molecule has 0 saturated carbocycles. The molecule has 1 heterocycles. The fraction of sp³-hybridized carbons (Fsp3) is 0.286. The first-order chi connectivity index (χ1) is 13.3. The molecule has 0 atom stereocenters. The Morgan fingerprint density at radius 2 is 1.75 bits per heavy atom. The number of nitrogens with zero attached hydrogens (tertiary/aromatic N) is 3. The average molecular weight is 380 g/mol. The number of methoxy groups -OCH3 is 2. The third-order valence-electron chi connectivity index (χ3n) is 4.38. The lowest BCUT2D eigenvalue weighted by atomic mass is 10.0. The minimum Gasteiger partial charge on any atom is -0.497 e. The van der Waals surface area contributed by atoms with Crippen molar-refractivity contribution in [3.8, 4) is 22.9 Å². The summed E-state index contributed by atoms with van der Waals surface area (Å²) in [6.07, 6.45) is 1.77. The smallest absolute Gasteiger partial charge is 0.262 e. The summed E-state index contributed by atoms with van der Waals surface area (Å²) in [5.41, 5.74) is 3.98. The standard InChI is InChI=1S/C21H24N4O3/c1-12-7-14(8-13(2)19(12)22-11-25(3)4)20-23-16-9-15(27-5)10-17(28-6)18(16)21(26)24-20/h7-11H,1-6H3,(H,23,24,26)/b22-11+. The van der Waals surface area contributed by atoms with E-state index in [9.17, 15) is 4.79 Å². The fourth-order valence-electron chi connectivity index (χ4n) is 3.10. The molecule has 3 rings (SSSR count). The molecule has 7 nitrogen and oxygen atoms in total. The number of aliphatic imine (C=N–C) groups is 1. The first kappa shape index (κ1) is 19.4. The number of aromatic amines is 1. The summed E-state index contributed by atoms with van der Waals surface area (Å²) in [4.78, 5) is 26.7. The first-order valence-electron chi connectivity index (χ1n) is 8.82. The van der Waals surface area contributed by atoms with Gasteiger partial charge in [-0.15, -0.1) is 0 Å². The highest BCUT2D eigenvalue weighted by molar-refractivity contribution is 5.87. The van der Waals surface area contributed by atoms with Crippen molar-refractivity contribution in [3.05, 3.63) is 45.7 Å². The number of hydrogen-bond donors (Lipinski definition) is 1. The van der Waals surface area contributed by atoms with Gasteiger partial charge in [-0.2, -0.15) is 0 Å². The van der Waals surface area contributed by atoms with E-state index in [1.165, 1.54) is 7.11 Å². The molecule has 7 heteroatoms. The third-order valence-corrected chi connectivity index (χ3v) is 4.38. The van der Waals surface area contributed by atoms with Crippen molar-refractivity contribution in [2.45, 2.75) is 13.8 Å². The third kappa shape index (κ3) is 3.69. The fourth-order valence-corrected chi connectivity index (χ4v) is 3.10. The summed E-state index contributed by atoms with van der Waals surface area (Å²) >= 11 is 0. The van der Waals surface area contributed by atoms with Crippen LogP contribution in [0.1, 0.15) is 11.1 Å². The van der Waals surface area contributed by atoms with E-state index in [2.05, 4.69) is 15.0 Å². The van der Waals surface area contributed by atoms with Gasteiger partial charge < -0.3 is 19.4 Å². The second kappa shape index (κ2) is 7.72. The molecule has 1 N–H and O–H groups in total. The van der Waals surface area contributed by atoms with Crippen LogP contribution >= 0.6 is 0 Å². The summed E-state index contributed by atoms with van der Waals surface area (Å²) in [5.74, 6) is 1.49. The predicted molar refractivity (Wildman–Crippen MR) is 112 cm³/mol. The van der Waals surface area contributed by atoms with Crippen LogP contribution < -0.4 is 15.0 Å². The summed E-state index contributed by atoms with van der Waals surface area (Å²) in [6, 6.07) is 7.34.